The summed E-state index contributed by atoms with van der Waals surface area (Å²) in [5.41, 5.74) is 0.503. The first-order valence-electron chi connectivity index (χ1n) is 6.90. The molecule has 2 atom stereocenters. The first kappa shape index (κ1) is 14.7. The molecule has 112 valence electrons. The maximum absolute atomic E-state index is 12.4. The lowest BCUT2D eigenvalue weighted by atomic mass is 9.64. The van der Waals surface area contributed by atoms with Gasteiger partial charge in [-0.2, -0.15) is 0 Å². The van der Waals surface area contributed by atoms with Crippen LogP contribution in [0.1, 0.15) is 35.6 Å². The predicted molar refractivity (Wildman–Crippen MR) is 85.8 cm³/mol. The van der Waals surface area contributed by atoms with Gasteiger partial charge in [0.2, 0.25) is 0 Å². The topological polar surface area (TPSA) is 62.2 Å². The molecule has 0 spiro atoms. The largest absolute Gasteiger partial charge is 0.392 e. The van der Waals surface area contributed by atoms with Gasteiger partial charge in [-0.05, 0) is 24.8 Å². The van der Waals surface area contributed by atoms with E-state index in [1.165, 1.54) is 11.3 Å². The van der Waals surface area contributed by atoms with Crippen molar-refractivity contribution in [2.75, 3.05) is 0 Å². The number of hydrogen-bond donors (Lipinski definition) is 2. The van der Waals surface area contributed by atoms with Crippen molar-refractivity contribution in [1.29, 1.82) is 0 Å². The summed E-state index contributed by atoms with van der Waals surface area (Å²) in [7, 11) is 0. The minimum absolute atomic E-state index is 0.0201. The zero-order valence-electron chi connectivity index (χ0n) is 12.2. The Labute approximate surface area is 131 Å². The van der Waals surface area contributed by atoms with Gasteiger partial charge >= 0.3 is 0 Å². The summed E-state index contributed by atoms with van der Waals surface area (Å²) in [6.07, 6.45) is 0.279. The first-order valence-corrected chi connectivity index (χ1v) is 8.59. The van der Waals surface area contributed by atoms with E-state index in [2.05, 4.69) is 10.3 Å². The Kier molecular flexibility index (Phi) is 3.63. The zero-order chi connectivity index (χ0) is 15.2. The number of hydrogen-bond acceptors (Lipinski definition) is 5. The lowest BCUT2D eigenvalue weighted by Crippen LogP contribution is -2.61. The average Bonchev–Trinajstić information content (AvgIpc) is 3.07. The number of rotatable bonds is 3. The molecular weight excluding hydrogens is 304 g/mol. The summed E-state index contributed by atoms with van der Waals surface area (Å²) in [6, 6.07) is 4.01. The van der Waals surface area contributed by atoms with Crippen LogP contribution in [0.3, 0.4) is 0 Å². The molecule has 0 aliphatic heterocycles. The SMILES string of the molecule is Cc1nc(-c2cccs2)sc1C(=O)NC1CC(O)C1(C)C. The van der Waals surface area contributed by atoms with E-state index < -0.39 is 0 Å². The van der Waals surface area contributed by atoms with E-state index >= 15 is 0 Å². The number of aliphatic hydroxyl groups is 1. The molecule has 21 heavy (non-hydrogen) atoms. The van der Waals surface area contributed by atoms with Gasteiger partial charge in [0.1, 0.15) is 9.88 Å². The Morgan fingerprint density at radius 2 is 2.29 bits per heavy atom. The van der Waals surface area contributed by atoms with Crippen LogP contribution in [0.2, 0.25) is 0 Å². The van der Waals surface area contributed by atoms with Gasteiger partial charge in [-0.3, -0.25) is 4.79 Å². The maximum atomic E-state index is 12.4. The Bertz CT molecular complexity index is 661. The number of aryl methyl sites for hydroxylation is 1. The van der Waals surface area contributed by atoms with Gasteiger partial charge in [-0.15, -0.1) is 22.7 Å². The van der Waals surface area contributed by atoms with Crippen molar-refractivity contribution in [3.63, 3.8) is 0 Å². The number of nitrogens with one attached hydrogen (secondary N) is 1. The molecule has 4 nitrogen and oxygen atoms in total. The fourth-order valence-electron chi connectivity index (χ4n) is 2.48. The van der Waals surface area contributed by atoms with Crippen LogP contribution in [0.5, 0.6) is 0 Å². The van der Waals surface area contributed by atoms with E-state index in [-0.39, 0.29) is 23.5 Å². The molecule has 2 heterocycles. The molecule has 0 radical (unpaired) electrons. The van der Waals surface area contributed by atoms with Gasteiger partial charge in [-0.1, -0.05) is 19.9 Å². The molecular formula is C15H18N2O2S2. The quantitative estimate of drug-likeness (QED) is 0.913. The highest BCUT2D eigenvalue weighted by molar-refractivity contribution is 7.22. The van der Waals surface area contributed by atoms with Crippen molar-refractivity contribution in [2.24, 2.45) is 5.41 Å². The van der Waals surface area contributed by atoms with Crippen LogP contribution < -0.4 is 5.32 Å². The van der Waals surface area contributed by atoms with Crippen molar-refractivity contribution < 1.29 is 9.90 Å². The van der Waals surface area contributed by atoms with Gasteiger partial charge < -0.3 is 10.4 Å². The standard InChI is InChI=1S/C15H18N2O2S2/c1-8-12(21-14(16-8)9-5-4-6-20-9)13(19)17-10-7-11(18)15(10,2)3/h4-6,10-11,18H,7H2,1-3H3,(H,17,19). The smallest absolute Gasteiger partial charge is 0.263 e. The third-order valence-corrected chi connectivity index (χ3v) is 6.45. The zero-order valence-corrected chi connectivity index (χ0v) is 13.8. The summed E-state index contributed by atoms with van der Waals surface area (Å²) >= 11 is 3.05. The third-order valence-electron chi connectivity index (χ3n) is 4.26. The normalized spacial score (nSPS) is 23.6. The molecule has 2 aromatic heterocycles. The second kappa shape index (κ2) is 5.19. The molecule has 2 N–H and O–H groups in total. The maximum Gasteiger partial charge on any atom is 0.263 e. The Morgan fingerprint density at radius 1 is 1.52 bits per heavy atom. The predicted octanol–water partition coefficient (Wildman–Crippen LogP) is 3.07. The molecule has 1 fully saturated rings. The lowest BCUT2D eigenvalue weighted by molar-refractivity contribution is -0.0689. The number of aromatic nitrogens is 1. The number of nitrogens with zero attached hydrogens (tertiary/aromatic N) is 1. The van der Waals surface area contributed by atoms with Crippen molar-refractivity contribution in [3.8, 4) is 9.88 Å². The molecule has 2 unspecified atom stereocenters. The molecule has 6 heteroatoms. The lowest BCUT2D eigenvalue weighted by Gasteiger charge is -2.49. The fraction of sp³-hybridized carbons (Fsp3) is 0.467. The van der Waals surface area contributed by atoms with Crippen LogP contribution >= 0.6 is 22.7 Å². The van der Waals surface area contributed by atoms with Crippen molar-refractivity contribution in [2.45, 2.75) is 39.3 Å². The monoisotopic (exact) mass is 322 g/mol. The number of thiophene rings is 1. The molecule has 0 aromatic carbocycles. The highest BCUT2D eigenvalue weighted by Crippen LogP contribution is 2.41. The fourth-order valence-corrected chi connectivity index (χ4v) is 4.25. The summed E-state index contributed by atoms with van der Waals surface area (Å²) < 4.78 is 0. The van der Waals surface area contributed by atoms with E-state index in [1.54, 1.807) is 11.3 Å². The molecule has 1 aliphatic rings. The van der Waals surface area contributed by atoms with E-state index in [0.717, 1.165) is 15.6 Å². The molecule has 1 amide bonds. The van der Waals surface area contributed by atoms with Crippen LogP contribution in [0.25, 0.3) is 9.88 Å². The van der Waals surface area contributed by atoms with Gasteiger partial charge in [0.15, 0.2) is 0 Å². The second-order valence-corrected chi connectivity index (χ2v) is 7.96. The summed E-state index contributed by atoms with van der Waals surface area (Å²) in [6.45, 7) is 5.81. The number of carbonyl (C=O) groups excluding carboxylic acids is 1. The van der Waals surface area contributed by atoms with Gasteiger partial charge in [0.25, 0.3) is 5.91 Å². The van der Waals surface area contributed by atoms with Crippen molar-refractivity contribution >= 4 is 28.6 Å². The summed E-state index contributed by atoms with van der Waals surface area (Å²) in [5.74, 6) is -0.0854. The second-order valence-electron chi connectivity index (χ2n) is 6.01. The Morgan fingerprint density at radius 3 is 2.86 bits per heavy atom. The minimum Gasteiger partial charge on any atom is -0.392 e. The number of aliphatic hydroxyl groups excluding tert-OH is 1. The van der Waals surface area contributed by atoms with E-state index in [1.807, 2.05) is 38.3 Å². The van der Waals surface area contributed by atoms with Gasteiger partial charge in [-0.25, -0.2) is 4.98 Å². The summed E-state index contributed by atoms with van der Waals surface area (Å²) in [5, 5.41) is 15.7. The van der Waals surface area contributed by atoms with Crippen molar-refractivity contribution in [3.05, 3.63) is 28.1 Å². The molecule has 0 bridgehead atoms. The van der Waals surface area contributed by atoms with Gasteiger partial charge in [0, 0.05) is 11.5 Å². The minimum atomic E-state index is -0.341. The summed E-state index contributed by atoms with van der Waals surface area (Å²) in [4.78, 5) is 18.7. The van der Waals surface area contributed by atoms with E-state index in [9.17, 15) is 9.90 Å². The Hall–Kier alpha value is -1.24. The first-order chi connectivity index (χ1) is 9.89. The highest BCUT2D eigenvalue weighted by Gasteiger charge is 2.48. The van der Waals surface area contributed by atoms with Crippen LogP contribution in [0.15, 0.2) is 17.5 Å². The van der Waals surface area contributed by atoms with Crippen LogP contribution in [-0.4, -0.2) is 28.1 Å². The molecule has 0 saturated heterocycles. The van der Waals surface area contributed by atoms with Gasteiger partial charge in [0.05, 0.1) is 16.7 Å². The third kappa shape index (κ3) is 2.52. The van der Waals surface area contributed by atoms with Crippen LogP contribution in [-0.2, 0) is 0 Å². The molecule has 1 saturated carbocycles. The number of carbonyl (C=O) groups is 1. The van der Waals surface area contributed by atoms with Crippen molar-refractivity contribution in [1.82, 2.24) is 10.3 Å². The highest BCUT2D eigenvalue weighted by atomic mass is 32.1. The molecule has 2 aromatic rings. The van der Waals surface area contributed by atoms with E-state index in [4.69, 9.17) is 0 Å². The number of thiazole rings is 1. The molecule has 3 rings (SSSR count). The average molecular weight is 322 g/mol. The van der Waals surface area contributed by atoms with E-state index in [0.29, 0.717) is 11.3 Å². The van der Waals surface area contributed by atoms with Crippen LogP contribution in [0, 0.1) is 12.3 Å². The van der Waals surface area contributed by atoms with Crippen LogP contribution in [0.4, 0.5) is 0 Å². The molecule has 1 aliphatic carbocycles. The Balaban J connectivity index is 1.77. The number of amides is 1.